The van der Waals surface area contributed by atoms with Gasteiger partial charge in [0.2, 0.25) is 5.76 Å². The van der Waals surface area contributed by atoms with Crippen LogP contribution in [0.15, 0.2) is 54.3 Å². The maximum atomic E-state index is 12.4. The summed E-state index contributed by atoms with van der Waals surface area (Å²) >= 11 is 0. The minimum atomic E-state index is -1.06. The summed E-state index contributed by atoms with van der Waals surface area (Å²) < 4.78 is 5.37. The van der Waals surface area contributed by atoms with E-state index in [0.29, 0.717) is 25.1 Å². The summed E-state index contributed by atoms with van der Waals surface area (Å²) in [6.45, 7) is 6.79. The second-order valence-electron chi connectivity index (χ2n) is 7.53. The summed E-state index contributed by atoms with van der Waals surface area (Å²) in [6.07, 6.45) is 3.74. The molecule has 32 heavy (non-hydrogen) atoms. The van der Waals surface area contributed by atoms with Crippen molar-refractivity contribution in [2.24, 2.45) is 0 Å². The predicted molar refractivity (Wildman–Crippen MR) is 130 cm³/mol. The second kappa shape index (κ2) is 12.5. The van der Waals surface area contributed by atoms with Crippen LogP contribution in [0.4, 0.5) is 10.5 Å². The van der Waals surface area contributed by atoms with Gasteiger partial charge in [0.05, 0.1) is 6.61 Å². The van der Waals surface area contributed by atoms with Gasteiger partial charge >= 0.3 is 12.0 Å². The van der Waals surface area contributed by atoms with Crippen LogP contribution in [0.3, 0.4) is 0 Å². The third-order valence-corrected chi connectivity index (χ3v) is 5.27. The normalized spacial score (nSPS) is 11.5. The van der Waals surface area contributed by atoms with Gasteiger partial charge in [-0.3, -0.25) is 4.90 Å². The van der Waals surface area contributed by atoms with Gasteiger partial charge in [0.15, 0.2) is 0 Å². The average Bonchev–Trinajstić information content (AvgIpc) is 2.81. The van der Waals surface area contributed by atoms with Gasteiger partial charge in [0.1, 0.15) is 0 Å². The minimum Gasteiger partial charge on any atom is -0.487 e. The van der Waals surface area contributed by atoms with E-state index in [2.05, 4.69) is 12.2 Å². The fraction of sp³-hybridized carbons (Fsp3) is 0.385. The predicted octanol–water partition coefficient (Wildman–Crippen LogP) is 5.93. The molecule has 2 amide bonds. The summed E-state index contributed by atoms with van der Waals surface area (Å²) in [7, 11) is 1.76. The number of unbranched alkanes of at least 4 members (excludes halogenated alkanes) is 2. The maximum absolute atomic E-state index is 12.4. The molecule has 2 N–H and O–H groups in total. The monoisotopic (exact) mass is 438 g/mol. The number of nitrogens with zero attached hydrogens (tertiary/aromatic N) is 1. The van der Waals surface area contributed by atoms with Gasteiger partial charge in [0.25, 0.3) is 0 Å². The Kier molecular flexibility index (Phi) is 9.79. The molecule has 0 unspecified atom stereocenters. The van der Waals surface area contributed by atoms with Gasteiger partial charge in [0, 0.05) is 24.9 Å². The first-order valence-corrected chi connectivity index (χ1v) is 11.2. The molecule has 0 bridgehead atoms. The van der Waals surface area contributed by atoms with E-state index < -0.39 is 5.97 Å². The summed E-state index contributed by atoms with van der Waals surface area (Å²) in [4.78, 5) is 25.6. The van der Waals surface area contributed by atoms with Crippen LogP contribution in [-0.4, -0.2) is 37.3 Å². The highest BCUT2D eigenvalue weighted by Gasteiger charge is 2.16. The summed E-state index contributed by atoms with van der Waals surface area (Å²) in [6, 6.07) is 15.4. The van der Waals surface area contributed by atoms with Crippen molar-refractivity contribution in [2.75, 3.05) is 25.1 Å². The highest BCUT2D eigenvalue weighted by Crippen LogP contribution is 2.28. The first-order valence-electron chi connectivity index (χ1n) is 11.2. The van der Waals surface area contributed by atoms with Crippen molar-refractivity contribution in [3.05, 3.63) is 59.9 Å². The third kappa shape index (κ3) is 6.61. The first-order chi connectivity index (χ1) is 15.4. The van der Waals surface area contributed by atoms with Gasteiger partial charge in [-0.25, -0.2) is 9.59 Å². The number of anilines is 1. The number of carboxylic acids is 1. The van der Waals surface area contributed by atoms with E-state index >= 15 is 0 Å². The molecule has 0 aliphatic rings. The summed E-state index contributed by atoms with van der Waals surface area (Å²) in [5, 5.41) is 12.4. The lowest BCUT2D eigenvalue weighted by Gasteiger charge is -2.19. The highest BCUT2D eigenvalue weighted by molar-refractivity contribution is 5.94. The largest absolute Gasteiger partial charge is 0.487 e. The quantitative estimate of drug-likeness (QED) is 0.259. The molecule has 0 heterocycles. The number of hydrogen-bond donors (Lipinski definition) is 2. The second-order valence-corrected chi connectivity index (χ2v) is 7.53. The van der Waals surface area contributed by atoms with E-state index in [1.165, 1.54) is 0 Å². The van der Waals surface area contributed by atoms with Crippen molar-refractivity contribution in [3.8, 4) is 11.1 Å². The standard InChI is InChI=1S/C26H34N2O4/c1-5-8-9-17-27-26(31)28(4)22-12-10-11-21(18-22)19-13-15-20(16-14-19)23(6-2)24(25(29)30)32-7-3/h10-16,18H,5-9,17H2,1-4H3,(H,27,31)(H,29,30). The Balaban J connectivity index is 2.22. The Morgan fingerprint density at radius 1 is 1.00 bits per heavy atom. The number of carbonyl (C=O) groups excluding carboxylic acids is 1. The van der Waals surface area contributed by atoms with Gasteiger partial charge in [-0.1, -0.05) is 63.1 Å². The van der Waals surface area contributed by atoms with Gasteiger partial charge in [-0.05, 0) is 48.6 Å². The Hall–Kier alpha value is -3.28. The molecule has 0 atom stereocenters. The van der Waals surface area contributed by atoms with E-state index in [1.807, 2.05) is 55.5 Å². The number of allylic oxidation sites excluding steroid dienone is 1. The summed E-state index contributed by atoms with van der Waals surface area (Å²) in [5.41, 5.74) is 4.25. The van der Waals surface area contributed by atoms with Crippen molar-refractivity contribution in [2.45, 2.75) is 46.5 Å². The number of rotatable bonds is 11. The van der Waals surface area contributed by atoms with Crippen molar-refractivity contribution in [1.82, 2.24) is 5.32 Å². The molecule has 0 saturated heterocycles. The lowest BCUT2D eigenvalue weighted by molar-refractivity contribution is -0.136. The van der Waals surface area contributed by atoms with Gasteiger partial charge < -0.3 is 15.2 Å². The molecule has 2 aromatic rings. The lowest BCUT2D eigenvalue weighted by Crippen LogP contribution is -2.37. The van der Waals surface area contributed by atoms with E-state index in [0.717, 1.165) is 41.6 Å². The van der Waals surface area contributed by atoms with E-state index in [9.17, 15) is 14.7 Å². The number of hydrogen-bond acceptors (Lipinski definition) is 3. The summed E-state index contributed by atoms with van der Waals surface area (Å²) in [5.74, 6) is -1.06. The number of carboxylic acid groups (broad SMARTS) is 1. The first kappa shape index (κ1) is 25.0. The molecular weight excluding hydrogens is 404 g/mol. The number of nitrogens with one attached hydrogen (secondary N) is 1. The molecule has 172 valence electrons. The minimum absolute atomic E-state index is 0.00341. The molecule has 0 aliphatic heterocycles. The number of ether oxygens (including phenoxy) is 1. The molecular formula is C26H34N2O4. The zero-order chi connectivity index (χ0) is 23.5. The average molecular weight is 439 g/mol. The fourth-order valence-corrected chi connectivity index (χ4v) is 3.48. The molecule has 0 radical (unpaired) electrons. The molecule has 6 nitrogen and oxygen atoms in total. The maximum Gasteiger partial charge on any atom is 0.371 e. The van der Waals surface area contributed by atoms with Crippen LogP contribution in [0.1, 0.15) is 52.0 Å². The van der Waals surface area contributed by atoms with E-state index in [4.69, 9.17) is 4.74 Å². The van der Waals surface area contributed by atoms with Crippen LogP contribution >= 0.6 is 0 Å². The zero-order valence-corrected chi connectivity index (χ0v) is 19.5. The van der Waals surface area contributed by atoms with Crippen LogP contribution in [0, 0.1) is 0 Å². The smallest absolute Gasteiger partial charge is 0.371 e. The van der Waals surface area contributed by atoms with Crippen molar-refractivity contribution in [1.29, 1.82) is 0 Å². The van der Waals surface area contributed by atoms with Crippen molar-refractivity contribution in [3.63, 3.8) is 0 Å². The van der Waals surface area contributed by atoms with Crippen LogP contribution < -0.4 is 10.2 Å². The molecule has 0 fully saturated rings. The van der Waals surface area contributed by atoms with E-state index in [1.54, 1.807) is 18.9 Å². The Morgan fingerprint density at radius 2 is 1.72 bits per heavy atom. The number of carbonyl (C=O) groups is 2. The topological polar surface area (TPSA) is 78.9 Å². The highest BCUT2D eigenvalue weighted by atomic mass is 16.5. The number of benzene rings is 2. The zero-order valence-electron chi connectivity index (χ0n) is 19.5. The molecule has 0 aromatic heterocycles. The SMILES string of the molecule is CCCCCNC(=O)N(C)c1cccc(-c2ccc(C(CC)=C(OCC)C(=O)O)cc2)c1. The fourth-order valence-electron chi connectivity index (χ4n) is 3.48. The van der Waals surface area contributed by atoms with Crippen LogP contribution in [-0.2, 0) is 9.53 Å². The molecule has 0 aliphatic carbocycles. The van der Waals surface area contributed by atoms with Gasteiger partial charge in [-0.15, -0.1) is 0 Å². The molecule has 0 saturated carbocycles. The van der Waals surface area contributed by atoms with Gasteiger partial charge in [-0.2, -0.15) is 0 Å². The lowest BCUT2D eigenvalue weighted by atomic mass is 9.98. The molecule has 6 heteroatoms. The number of urea groups is 1. The Labute approximate surface area is 190 Å². The molecule has 0 spiro atoms. The van der Waals surface area contributed by atoms with Crippen LogP contribution in [0.25, 0.3) is 16.7 Å². The van der Waals surface area contributed by atoms with E-state index in [-0.39, 0.29) is 11.8 Å². The van der Waals surface area contributed by atoms with Crippen molar-refractivity contribution >= 4 is 23.3 Å². The third-order valence-electron chi connectivity index (χ3n) is 5.27. The Morgan fingerprint density at radius 3 is 2.31 bits per heavy atom. The molecule has 2 aromatic carbocycles. The van der Waals surface area contributed by atoms with Crippen LogP contribution in [0.2, 0.25) is 0 Å². The number of amides is 2. The van der Waals surface area contributed by atoms with Crippen LogP contribution in [0.5, 0.6) is 0 Å². The van der Waals surface area contributed by atoms with Crippen molar-refractivity contribution < 1.29 is 19.4 Å². The Bertz CT molecular complexity index is 935. The molecule has 2 rings (SSSR count). The number of aliphatic carboxylic acids is 1.